The van der Waals surface area contributed by atoms with Crippen molar-refractivity contribution in [2.75, 3.05) is 0 Å². The van der Waals surface area contributed by atoms with Gasteiger partial charge in [0.25, 0.3) is 0 Å². The third-order valence-corrected chi connectivity index (χ3v) is 4.40. The van der Waals surface area contributed by atoms with E-state index >= 15 is 0 Å². The zero-order chi connectivity index (χ0) is 14.7. The van der Waals surface area contributed by atoms with Crippen molar-refractivity contribution in [2.45, 2.75) is 37.5 Å². The molecular weight excluding hydrogens is 269 g/mol. The van der Waals surface area contributed by atoms with Gasteiger partial charge in [-0.05, 0) is 49.6 Å². The molecule has 0 saturated carbocycles. The lowest BCUT2D eigenvalue weighted by Gasteiger charge is -2.14. The summed E-state index contributed by atoms with van der Waals surface area (Å²) in [6.07, 6.45) is 0. The van der Waals surface area contributed by atoms with Crippen molar-refractivity contribution in [1.82, 2.24) is 0 Å². The second-order valence-electron chi connectivity index (χ2n) is 5.21. The van der Waals surface area contributed by atoms with Crippen molar-refractivity contribution in [1.29, 1.82) is 0 Å². The van der Waals surface area contributed by atoms with Gasteiger partial charge >= 0.3 is 0 Å². The average Bonchev–Trinajstić information content (AvgIpc) is 2.39. The molecule has 2 rings (SSSR count). The number of aryl methyl sites for hydroxylation is 2. The molecule has 1 nitrogen and oxygen atoms in total. The summed E-state index contributed by atoms with van der Waals surface area (Å²) >= 11 is 1.71. The number of hydrogen-bond donors (Lipinski definition) is 1. The fourth-order valence-electron chi connectivity index (χ4n) is 2.11. The lowest BCUT2D eigenvalue weighted by Crippen LogP contribution is -2.07. The van der Waals surface area contributed by atoms with E-state index in [9.17, 15) is 4.39 Å². The van der Waals surface area contributed by atoms with Gasteiger partial charge in [0.05, 0.1) is 0 Å². The Labute approximate surface area is 124 Å². The number of rotatable bonds is 4. The summed E-state index contributed by atoms with van der Waals surface area (Å²) in [6, 6.07) is 11.7. The Hall–Kier alpha value is -1.32. The second-order valence-corrected chi connectivity index (χ2v) is 6.22. The summed E-state index contributed by atoms with van der Waals surface area (Å²) < 4.78 is 13.7. The molecule has 0 aliphatic heterocycles. The van der Waals surface area contributed by atoms with Gasteiger partial charge in [0.2, 0.25) is 0 Å². The van der Waals surface area contributed by atoms with Gasteiger partial charge in [0.1, 0.15) is 5.82 Å². The molecule has 0 heterocycles. The van der Waals surface area contributed by atoms with Crippen molar-refractivity contribution >= 4 is 11.8 Å². The van der Waals surface area contributed by atoms with Gasteiger partial charge in [-0.15, -0.1) is 11.8 Å². The Bertz CT molecular complexity index is 608. The van der Waals surface area contributed by atoms with Gasteiger partial charge in [0.15, 0.2) is 0 Å². The van der Waals surface area contributed by atoms with E-state index in [-0.39, 0.29) is 11.9 Å². The van der Waals surface area contributed by atoms with Gasteiger partial charge in [-0.2, -0.15) is 0 Å². The molecule has 106 valence electrons. The highest BCUT2D eigenvalue weighted by molar-refractivity contribution is 7.98. The van der Waals surface area contributed by atoms with Crippen molar-refractivity contribution in [3.05, 3.63) is 64.5 Å². The molecule has 20 heavy (non-hydrogen) atoms. The fraction of sp³-hybridized carbons (Fsp3) is 0.294. The summed E-state index contributed by atoms with van der Waals surface area (Å²) in [5.74, 6) is 0.684. The average molecular weight is 289 g/mol. The van der Waals surface area contributed by atoms with Crippen molar-refractivity contribution < 1.29 is 4.39 Å². The molecule has 2 aromatic carbocycles. The largest absolute Gasteiger partial charge is 0.324 e. The summed E-state index contributed by atoms with van der Waals surface area (Å²) in [4.78, 5) is 1.07. The topological polar surface area (TPSA) is 26.0 Å². The minimum Gasteiger partial charge on any atom is -0.324 e. The highest BCUT2D eigenvalue weighted by atomic mass is 32.2. The van der Waals surface area contributed by atoms with E-state index < -0.39 is 0 Å². The summed E-state index contributed by atoms with van der Waals surface area (Å²) in [5.41, 5.74) is 10.0. The smallest absolute Gasteiger partial charge is 0.126 e. The molecule has 0 amide bonds. The van der Waals surface area contributed by atoms with Gasteiger partial charge in [-0.1, -0.05) is 29.8 Å². The standard InChI is InChI=1S/C17H20FNS/c1-11-5-4-6-14(7-11)10-20-17-8-12(2)16(18)9-15(17)13(3)19/h4-9,13H,10,19H2,1-3H3. The van der Waals surface area contributed by atoms with Crippen LogP contribution in [0.2, 0.25) is 0 Å². The maximum atomic E-state index is 13.7. The maximum absolute atomic E-state index is 13.7. The van der Waals surface area contributed by atoms with Crippen molar-refractivity contribution in [3.8, 4) is 0 Å². The first-order valence-electron chi connectivity index (χ1n) is 6.71. The van der Waals surface area contributed by atoms with E-state index in [1.54, 1.807) is 24.8 Å². The molecule has 2 aromatic rings. The molecule has 0 bridgehead atoms. The van der Waals surface area contributed by atoms with Gasteiger partial charge < -0.3 is 5.73 Å². The zero-order valence-corrected chi connectivity index (χ0v) is 12.9. The second kappa shape index (κ2) is 6.42. The van der Waals surface area contributed by atoms with E-state index in [4.69, 9.17) is 5.73 Å². The van der Waals surface area contributed by atoms with E-state index in [1.165, 1.54) is 11.1 Å². The molecule has 0 aliphatic carbocycles. The summed E-state index contributed by atoms with van der Waals surface area (Å²) in [5, 5.41) is 0. The lowest BCUT2D eigenvalue weighted by molar-refractivity contribution is 0.610. The summed E-state index contributed by atoms with van der Waals surface area (Å²) in [7, 11) is 0. The van der Waals surface area contributed by atoms with Crippen LogP contribution in [0.25, 0.3) is 0 Å². The van der Waals surface area contributed by atoms with Crippen LogP contribution in [0.1, 0.15) is 35.2 Å². The van der Waals surface area contributed by atoms with E-state index in [1.807, 2.05) is 13.0 Å². The monoisotopic (exact) mass is 289 g/mol. The highest BCUT2D eigenvalue weighted by Gasteiger charge is 2.11. The van der Waals surface area contributed by atoms with Crippen LogP contribution >= 0.6 is 11.8 Å². The SMILES string of the molecule is Cc1cccc(CSc2cc(C)c(F)cc2C(C)N)c1. The third kappa shape index (κ3) is 3.62. The van der Waals surface area contributed by atoms with Crippen molar-refractivity contribution in [3.63, 3.8) is 0 Å². The fourth-order valence-corrected chi connectivity index (χ4v) is 3.29. The van der Waals surface area contributed by atoms with Crippen LogP contribution in [-0.4, -0.2) is 0 Å². The Balaban J connectivity index is 2.22. The first-order valence-corrected chi connectivity index (χ1v) is 7.70. The number of benzene rings is 2. The molecule has 1 unspecified atom stereocenters. The van der Waals surface area contributed by atoms with Gasteiger partial charge in [-0.25, -0.2) is 4.39 Å². The molecule has 3 heteroatoms. The van der Waals surface area contributed by atoms with Crippen LogP contribution in [-0.2, 0) is 5.75 Å². The molecule has 0 fully saturated rings. The van der Waals surface area contributed by atoms with E-state index in [0.29, 0.717) is 5.56 Å². The number of nitrogens with two attached hydrogens (primary N) is 1. The minimum atomic E-state index is -0.183. The number of hydrogen-bond acceptors (Lipinski definition) is 2. The van der Waals surface area contributed by atoms with Crippen LogP contribution in [0.5, 0.6) is 0 Å². The molecule has 0 aromatic heterocycles. The Morgan fingerprint density at radius 3 is 2.60 bits per heavy atom. The molecule has 0 spiro atoms. The normalized spacial score (nSPS) is 12.4. The number of halogens is 1. The van der Waals surface area contributed by atoms with Crippen LogP contribution < -0.4 is 5.73 Å². The lowest BCUT2D eigenvalue weighted by atomic mass is 10.1. The van der Waals surface area contributed by atoms with Crippen LogP contribution in [0.4, 0.5) is 4.39 Å². The van der Waals surface area contributed by atoms with Crippen molar-refractivity contribution in [2.24, 2.45) is 5.73 Å². The third-order valence-electron chi connectivity index (χ3n) is 3.26. The van der Waals surface area contributed by atoms with E-state index in [0.717, 1.165) is 16.2 Å². The molecule has 2 N–H and O–H groups in total. The van der Waals surface area contributed by atoms with Gasteiger partial charge in [0, 0.05) is 16.7 Å². The Kier molecular flexibility index (Phi) is 4.84. The Morgan fingerprint density at radius 2 is 1.95 bits per heavy atom. The van der Waals surface area contributed by atoms with Crippen LogP contribution in [0.3, 0.4) is 0 Å². The number of thioether (sulfide) groups is 1. The van der Waals surface area contributed by atoms with Crippen LogP contribution in [0, 0.1) is 19.7 Å². The highest BCUT2D eigenvalue weighted by Crippen LogP contribution is 2.31. The molecule has 0 saturated heterocycles. The molecule has 1 atom stereocenters. The molecular formula is C17H20FNS. The predicted octanol–water partition coefficient (Wildman–Crippen LogP) is 4.75. The quantitative estimate of drug-likeness (QED) is 0.822. The van der Waals surface area contributed by atoms with E-state index in [2.05, 4.69) is 31.2 Å². The first kappa shape index (κ1) is 15.1. The maximum Gasteiger partial charge on any atom is 0.126 e. The Morgan fingerprint density at radius 1 is 1.20 bits per heavy atom. The molecule has 0 radical (unpaired) electrons. The summed E-state index contributed by atoms with van der Waals surface area (Å²) in [6.45, 7) is 5.77. The zero-order valence-electron chi connectivity index (χ0n) is 12.1. The minimum absolute atomic E-state index is 0.162. The first-order chi connectivity index (χ1) is 9.47. The van der Waals surface area contributed by atoms with Crippen LogP contribution in [0.15, 0.2) is 41.3 Å². The molecule has 0 aliphatic rings. The predicted molar refractivity (Wildman–Crippen MR) is 84.5 cm³/mol. The van der Waals surface area contributed by atoms with Gasteiger partial charge in [-0.3, -0.25) is 0 Å².